The summed E-state index contributed by atoms with van der Waals surface area (Å²) in [6.45, 7) is 4.76. The second kappa shape index (κ2) is 8.01. The third-order valence-corrected chi connectivity index (χ3v) is 4.15. The number of carbonyl (C=O) groups is 3. The molecule has 2 rings (SSSR count). The summed E-state index contributed by atoms with van der Waals surface area (Å²) in [4.78, 5) is 49.2. The number of aromatic amines is 1. The smallest absolute Gasteiger partial charge is 0.328 e. The van der Waals surface area contributed by atoms with Crippen molar-refractivity contribution in [2.24, 2.45) is 0 Å². The second-order valence-corrected chi connectivity index (χ2v) is 6.59. The fourth-order valence-electron chi connectivity index (χ4n) is 2.95. The lowest BCUT2D eigenvalue weighted by atomic mass is 9.95. The van der Waals surface area contributed by atoms with Gasteiger partial charge >= 0.3 is 23.6 Å². The summed E-state index contributed by atoms with van der Waals surface area (Å²) >= 11 is 4.91. The zero-order chi connectivity index (χ0) is 20.4. The molecule has 1 aliphatic rings. The third kappa shape index (κ3) is 4.61. The fraction of sp³-hybridized carbons (Fsp3) is 0.562. The normalized spacial score (nSPS) is 27.0. The van der Waals surface area contributed by atoms with Crippen LogP contribution in [0, 0.1) is 4.64 Å². The summed E-state index contributed by atoms with van der Waals surface area (Å²) in [5.74, 6) is -1.90. The zero-order valence-electron chi connectivity index (χ0n) is 15.2. The van der Waals surface area contributed by atoms with Crippen LogP contribution in [0.3, 0.4) is 0 Å². The molecule has 0 saturated carbocycles. The van der Waals surface area contributed by atoms with Gasteiger partial charge in [0.1, 0.15) is 17.4 Å². The summed E-state index contributed by atoms with van der Waals surface area (Å²) in [6.07, 6.45) is -1.89. The van der Waals surface area contributed by atoms with E-state index in [4.69, 9.17) is 31.2 Å². The number of hydrogen-bond donors (Lipinski definition) is 1. The molecular formula is C16H20N2O8S. The topological polar surface area (TPSA) is 126 Å². The lowest BCUT2D eigenvalue weighted by Crippen LogP contribution is -2.51. The molecule has 1 fully saturated rings. The Hall–Kier alpha value is -2.53. The van der Waals surface area contributed by atoms with E-state index in [1.54, 1.807) is 0 Å². The Morgan fingerprint density at radius 1 is 1.26 bits per heavy atom. The first-order valence-corrected chi connectivity index (χ1v) is 8.42. The van der Waals surface area contributed by atoms with Gasteiger partial charge in [-0.1, -0.05) is 12.2 Å². The van der Waals surface area contributed by atoms with E-state index in [1.807, 2.05) is 0 Å². The summed E-state index contributed by atoms with van der Waals surface area (Å²) in [7, 11) is 0. The molecule has 0 spiro atoms. The van der Waals surface area contributed by atoms with E-state index in [-0.39, 0.29) is 11.2 Å². The number of ether oxygens (including phenoxy) is 4. The average molecular weight is 400 g/mol. The van der Waals surface area contributed by atoms with Crippen molar-refractivity contribution in [3.63, 3.8) is 0 Å². The molecule has 1 saturated heterocycles. The summed E-state index contributed by atoms with van der Waals surface area (Å²) < 4.78 is 22.9. The highest BCUT2D eigenvalue weighted by atomic mass is 32.1. The molecule has 2 heterocycles. The van der Waals surface area contributed by atoms with Crippen LogP contribution >= 0.6 is 12.2 Å². The van der Waals surface area contributed by atoms with Gasteiger partial charge in [0.15, 0.2) is 17.9 Å². The monoisotopic (exact) mass is 400 g/mol. The predicted octanol–water partition coefficient (Wildman–Crippen LogP) is 0.620. The minimum Gasteiger partial charge on any atom is -0.463 e. The van der Waals surface area contributed by atoms with Crippen molar-refractivity contribution in [2.45, 2.75) is 51.7 Å². The third-order valence-electron chi connectivity index (χ3n) is 3.91. The van der Waals surface area contributed by atoms with Crippen molar-refractivity contribution in [3.05, 3.63) is 27.4 Å². The summed E-state index contributed by atoms with van der Waals surface area (Å²) in [6, 6.07) is 1.45. The summed E-state index contributed by atoms with van der Waals surface area (Å²) in [5.41, 5.74) is -2.18. The minimum absolute atomic E-state index is 0.205. The Labute approximate surface area is 159 Å². The van der Waals surface area contributed by atoms with Crippen LogP contribution in [0.1, 0.15) is 33.9 Å². The van der Waals surface area contributed by atoms with Crippen LogP contribution in [-0.4, -0.2) is 51.9 Å². The van der Waals surface area contributed by atoms with Crippen molar-refractivity contribution in [1.82, 2.24) is 9.55 Å². The van der Waals surface area contributed by atoms with E-state index < -0.39 is 47.6 Å². The number of nitrogens with one attached hydrogen (secondary N) is 1. The van der Waals surface area contributed by atoms with Crippen molar-refractivity contribution >= 4 is 30.1 Å². The quantitative estimate of drug-likeness (QED) is 0.430. The van der Waals surface area contributed by atoms with E-state index in [1.165, 1.54) is 40.0 Å². The molecule has 1 aromatic rings. The molecule has 1 N–H and O–H groups in total. The van der Waals surface area contributed by atoms with Crippen LogP contribution in [0.15, 0.2) is 17.1 Å². The van der Waals surface area contributed by atoms with E-state index in [2.05, 4.69) is 4.98 Å². The van der Waals surface area contributed by atoms with E-state index in [9.17, 15) is 19.2 Å². The first-order chi connectivity index (χ1) is 12.5. The highest BCUT2D eigenvalue weighted by Crippen LogP contribution is 2.42. The van der Waals surface area contributed by atoms with E-state index >= 15 is 0 Å². The lowest BCUT2D eigenvalue weighted by molar-refractivity contribution is -0.185. The molecule has 0 amide bonds. The molecule has 11 heteroatoms. The molecule has 1 aliphatic heterocycles. The van der Waals surface area contributed by atoms with Crippen LogP contribution in [0.4, 0.5) is 0 Å². The molecule has 0 aromatic carbocycles. The average Bonchev–Trinajstić information content (AvgIpc) is 2.77. The number of aromatic nitrogens is 2. The van der Waals surface area contributed by atoms with E-state index in [0.29, 0.717) is 0 Å². The maximum Gasteiger partial charge on any atom is 0.328 e. The fourth-order valence-corrected chi connectivity index (χ4v) is 3.10. The van der Waals surface area contributed by atoms with Gasteiger partial charge in [-0.05, 0) is 13.0 Å². The van der Waals surface area contributed by atoms with Gasteiger partial charge in [0.25, 0.3) is 0 Å². The van der Waals surface area contributed by atoms with Crippen LogP contribution in [0.25, 0.3) is 0 Å². The number of hydrogen-bond acceptors (Lipinski definition) is 9. The maximum absolute atomic E-state index is 12.3. The molecule has 0 radical (unpaired) electrons. The van der Waals surface area contributed by atoms with Crippen molar-refractivity contribution in [1.29, 1.82) is 0 Å². The van der Waals surface area contributed by atoms with Crippen LogP contribution < -0.4 is 5.69 Å². The molecule has 148 valence electrons. The van der Waals surface area contributed by atoms with Gasteiger partial charge in [-0.2, -0.15) is 0 Å². The van der Waals surface area contributed by atoms with Gasteiger partial charge in [-0.15, -0.1) is 0 Å². The molecule has 1 aromatic heterocycles. The van der Waals surface area contributed by atoms with Gasteiger partial charge in [0, 0.05) is 27.0 Å². The molecule has 10 nitrogen and oxygen atoms in total. The van der Waals surface area contributed by atoms with Gasteiger partial charge in [-0.3, -0.25) is 23.9 Å². The molecule has 4 atom stereocenters. The standard InChI is InChI=1S/C16H20N2O8S/c1-8(19)23-7-11-13(24-9(2)20)16(4,26-10(3)21)14(25-11)18-6-5-12(27)17-15(18)22/h5-6,11,13-14H,7H2,1-4H3,(H,17,22,27)/t11?,13-,14+,16?/m0/s1. The number of H-pyrrole nitrogens is 1. The lowest BCUT2D eigenvalue weighted by Gasteiger charge is -2.34. The number of nitrogens with zero attached hydrogens (tertiary/aromatic N) is 1. The maximum atomic E-state index is 12.3. The highest BCUT2D eigenvalue weighted by molar-refractivity contribution is 7.71. The van der Waals surface area contributed by atoms with Crippen LogP contribution in [0.5, 0.6) is 0 Å². The number of esters is 3. The first kappa shape index (κ1) is 20.8. The Morgan fingerprint density at radius 2 is 1.93 bits per heavy atom. The Kier molecular flexibility index (Phi) is 6.16. The number of carbonyl (C=O) groups excluding carboxylic acids is 3. The molecule has 27 heavy (non-hydrogen) atoms. The second-order valence-electron chi connectivity index (χ2n) is 6.15. The highest BCUT2D eigenvalue weighted by Gasteiger charge is 2.60. The van der Waals surface area contributed by atoms with Gasteiger partial charge in [0.2, 0.25) is 0 Å². The van der Waals surface area contributed by atoms with Crippen LogP contribution in [-0.2, 0) is 33.3 Å². The van der Waals surface area contributed by atoms with Crippen molar-refractivity contribution < 1.29 is 33.3 Å². The van der Waals surface area contributed by atoms with Crippen molar-refractivity contribution in [3.8, 4) is 0 Å². The SMILES string of the molecule is CC(=O)OCC1O[C@@H](n2ccc(=S)[nH]c2=O)C(C)(OC(C)=O)[C@H]1OC(C)=O. The number of rotatable bonds is 5. The Balaban J connectivity index is 2.53. The van der Waals surface area contributed by atoms with Gasteiger partial charge < -0.3 is 18.9 Å². The molecule has 0 bridgehead atoms. The van der Waals surface area contributed by atoms with Crippen LogP contribution in [0.2, 0.25) is 0 Å². The molecular weight excluding hydrogens is 380 g/mol. The largest absolute Gasteiger partial charge is 0.463 e. The van der Waals surface area contributed by atoms with E-state index in [0.717, 1.165) is 4.57 Å². The first-order valence-electron chi connectivity index (χ1n) is 8.01. The summed E-state index contributed by atoms with van der Waals surface area (Å²) in [5, 5.41) is 0. The Morgan fingerprint density at radius 3 is 2.44 bits per heavy atom. The zero-order valence-corrected chi connectivity index (χ0v) is 16.0. The Bertz CT molecular complexity index is 862. The van der Waals surface area contributed by atoms with Crippen molar-refractivity contribution in [2.75, 3.05) is 6.61 Å². The van der Waals surface area contributed by atoms with Gasteiger partial charge in [-0.25, -0.2) is 4.79 Å². The minimum atomic E-state index is -1.57. The predicted molar refractivity (Wildman–Crippen MR) is 92.2 cm³/mol. The molecule has 2 unspecified atom stereocenters. The van der Waals surface area contributed by atoms with Gasteiger partial charge in [0.05, 0.1) is 0 Å². The molecule has 0 aliphatic carbocycles.